The number of rotatable bonds is 13. The van der Waals surface area contributed by atoms with Gasteiger partial charge in [-0.15, -0.1) is 0 Å². The highest BCUT2D eigenvalue weighted by molar-refractivity contribution is 6.33. The Morgan fingerprint density at radius 1 is 0.247 bits per heavy atom. The summed E-state index contributed by atoms with van der Waals surface area (Å²) >= 11 is 0. The van der Waals surface area contributed by atoms with Crippen LogP contribution < -0.4 is 9.80 Å². The lowest BCUT2D eigenvalue weighted by atomic mass is 9.65. The molecule has 1 aliphatic rings. The lowest BCUT2D eigenvalue weighted by molar-refractivity contribution is 0.590. The van der Waals surface area contributed by atoms with Crippen molar-refractivity contribution in [2.24, 2.45) is 0 Å². The fourth-order valence-corrected chi connectivity index (χ4v) is 14.5. The normalized spacial score (nSPS) is 11.8. The number of hydrogen-bond acceptors (Lipinski definition) is 2. The average Bonchev–Trinajstić information content (AvgIpc) is 0.670. The molecule has 0 unspecified atom stereocenters. The minimum absolute atomic E-state index is 0.0780. The van der Waals surface area contributed by atoms with Crippen LogP contribution in [0.15, 0.2) is 291 Å². The quantitative estimate of drug-likeness (QED) is 0.114. The van der Waals surface area contributed by atoms with Crippen molar-refractivity contribution in [1.82, 2.24) is 0 Å². The SMILES string of the molecule is Cc1ccc(-c2ccccc2)cc1N(c1ccc2c(-c3ccccc3)c3c(c(-c4ccccc4)c2c1)-c1c-3c(-c2ccccc2)c2cc(N(c3cc(-c4ccccc4)ccc3C)c3cc(C(C)(C)C)ccc3C)ccc2c1-c1ccccc1)c1cc(C(C)C)ccc1C. The van der Waals surface area contributed by atoms with Gasteiger partial charge in [0, 0.05) is 34.1 Å². The van der Waals surface area contributed by atoms with E-state index in [1.54, 1.807) is 0 Å². The zero-order chi connectivity index (χ0) is 63.6. The summed E-state index contributed by atoms with van der Waals surface area (Å²) < 4.78 is 0. The molecule has 0 saturated carbocycles. The zero-order valence-electron chi connectivity index (χ0n) is 54.7. The molecule has 0 N–H and O–H groups in total. The topological polar surface area (TPSA) is 6.48 Å². The van der Waals surface area contributed by atoms with Gasteiger partial charge in [-0.1, -0.05) is 277 Å². The maximum Gasteiger partial charge on any atom is 0.0497 e. The van der Waals surface area contributed by atoms with Crippen molar-refractivity contribution >= 4 is 55.7 Å². The molecule has 1 aliphatic carbocycles. The summed E-state index contributed by atoms with van der Waals surface area (Å²) in [7, 11) is 0. The summed E-state index contributed by atoms with van der Waals surface area (Å²) in [5.41, 5.74) is 33.7. The van der Waals surface area contributed by atoms with E-state index < -0.39 is 0 Å². The van der Waals surface area contributed by atoms with Gasteiger partial charge in [0.1, 0.15) is 0 Å². The van der Waals surface area contributed by atoms with Crippen molar-refractivity contribution in [3.05, 3.63) is 325 Å². The number of anilines is 6. The second kappa shape index (κ2) is 23.8. The van der Waals surface area contributed by atoms with Crippen LogP contribution in [-0.2, 0) is 5.41 Å². The molecule has 15 rings (SSSR count). The highest BCUT2D eigenvalue weighted by atomic mass is 15.2. The van der Waals surface area contributed by atoms with Gasteiger partial charge >= 0.3 is 0 Å². The van der Waals surface area contributed by atoms with E-state index in [2.05, 4.69) is 363 Å². The molecule has 450 valence electrons. The summed E-state index contributed by atoms with van der Waals surface area (Å²) in [6.07, 6.45) is 0. The van der Waals surface area contributed by atoms with Crippen molar-refractivity contribution in [1.29, 1.82) is 0 Å². The van der Waals surface area contributed by atoms with Gasteiger partial charge in [-0.25, -0.2) is 0 Å². The van der Waals surface area contributed by atoms with Crippen molar-refractivity contribution in [2.45, 2.75) is 73.6 Å². The third kappa shape index (κ3) is 10.4. The molecule has 14 aromatic rings. The molecule has 93 heavy (non-hydrogen) atoms. The van der Waals surface area contributed by atoms with Crippen LogP contribution in [0.5, 0.6) is 0 Å². The van der Waals surface area contributed by atoms with Crippen LogP contribution in [0, 0.1) is 27.7 Å². The first kappa shape index (κ1) is 58.6. The molecule has 0 aromatic heterocycles. The molecule has 0 radical (unpaired) electrons. The van der Waals surface area contributed by atoms with Gasteiger partial charge in [0.2, 0.25) is 0 Å². The van der Waals surface area contributed by atoms with Crippen LogP contribution in [0.2, 0.25) is 0 Å². The van der Waals surface area contributed by atoms with Crippen molar-refractivity contribution in [3.63, 3.8) is 0 Å². The van der Waals surface area contributed by atoms with Gasteiger partial charge in [-0.2, -0.15) is 0 Å². The van der Waals surface area contributed by atoms with E-state index in [0.29, 0.717) is 5.92 Å². The molecule has 2 heteroatoms. The third-order valence-corrected chi connectivity index (χ3v) is 19.4. The van der Waals surface area contributed by atoms with Gasteiger partial charge in [0.05, 0.1) is 0 Å². The Morgan fingerprint density at radius 2 is 0.548 bits per heavy atom. The van der Waals surface area contributed by atoms with E-state index in [0.717, 1.165) is 22.7 Å². The molecule has 14 aromatic carbocycles. The number of hydrogen-bond donors (Lipinski definition) is 0. The molecule has 0 heterocycles. The first-order valence-corrected chi connectivity index (χ1v) is 32.9. The lowest BCUT2D eigenvalue weighted by Gasteiger charge is -2.38. The maximum atomic E-state index is 2.55. The number of nitrogens with zero attached hydrogens (tertiary/aromatic N) is 2. The van der Waals surface area contributed by atoms with E-state index >= 15 is 0 Å². The molecule has 0 aliphatic heterocycles. The minimum Gasteiger partial charge on any atom is -0.310 e. The fraction of sp³-hybridized carbons (Fsp3) is 0.121. The van der Waals surface area contributed by atoms with Crippen LogP contribution in [0.4, 0.5) is 34.1 Å². The molecule has 0 amide bonds. The van der Waals surface area contributed by atoms with E-state index in [1.165, 1.54) is 155 Å². The zero-order valence-corrected chi connectivity index (χ0v) is 54.7. The van der Waals surface area contributed by atoms with E-state index in [1.807, 2.05) is 0 Å². The summed E-state index contributed by atoms with van der Waals surface area (Å²) in [5, 5.41) is 4.82. The second-order valence-corrected chi connectivity index (χ2v) is 26.8. The largest absolute Gasteiger partial charge is 0.310 e. The summed E-state index contributed by atoms with van der Waals surface area (Å²) in [6, 6.07) is 109. The van der Waals surface area contributed by atoms with E-state index in [-0.39, 0.29) is 5.41 Å². The molecule has 0 atom stereocenters. The van der Waals surface area contributed by atoms with Gasteiger partial charge in [0.15, 0.2) is 0 Å². The molecule has 0 fully saturated rings. The van der Waals surface area contributed by atoms with Crippen molar-refractivity contribution < 1.29 is 0 Å². The standard InChI is InChI=1S/C91H76N2/c1-58(2)69-44-40-59(3)79(52-69)92(80-53-70(45-41-60(80)4)63-28-16-10-17-29-63)73-48-50-75-77(56-73)85(67-36-24-14-25-37-67)89-87(83(75)65-32-20-12-21-33-65)90-86(68-38-26-15-27-39-68)78-57-74(49-51-76(78)84(88(89)90)66-34-22-13-23-35-66)93(82-55-72(91(7,8)9)47-43-62(82)6)81-54-71(46-42-61(81)5)64-30-18-11-19-31-64/h10-58H,1-9H3. The number of fused-ring (bicyclic) bond motifs is 6. The lowest BCUT2D eigenvalue weighted by Crippen LogP contribution is -2.16. The van der Waals surface area contributed by atoms with Gasteiger partial charge in [0.25, 0.3) is 0 Å². The Labute approximate surface area is 549 Å². The van der Waals surface area contributed by atoms with Crippen molar-refractivity contribution in [3.8, 4) is 89.0 Å². The highest BCUT2D eigenvalue weighted by Crippen LogP contribution is 2.66. The van der Waals surface area contributed by atoms with Gasteiger partial charge in [-0.3, -0.25) is 0 Å². The van der Waals surface area contributed by atoms with E-state index in [9.17, 15) is 0 Å². The number of aryl methyl sites for hydroxylation is 4. The predicted octanol–water partition coefficient (Wildman–Crippen LogP) is 26.2. The van der Waals surface area contributed by atoms with Crippen LogP contribution in [0.1, 0.15) is 73.9 Å². The summed E-state index contributed by atoms with van der Waals surface area (Å²) in [5.74, 6) is 0.341. The van der Waals surface area contributed by atoms with Crippen LogP contribution in [-0.4, -0.2) is 0 Å². The van der Waals surface area contributed by atoms with Crippen LogP contribution in [0.25, 0.3) is 111 Å². The van der Waals surface area contributed by atoms with Crippen LogP contribution >= 0.6 is 0 Å². The first-order chi connectivity index (χ1) is 45.3. The monoisotopic (exact) mass is 1200 g/mol. The predicted molar refractivity (Wildman–Crippen MR) is 400 cm³/mol. The highest BCUT2D eigenvalue weighted by Gasteiger charge is 2.39. The maximum absolute atomic E-state index is 2.55. The Hall–Kier alpha value is -10.8. The third-order valence-electron chi connectivity index (χ3n) is 19.4. The summed E-state index contributed by atoms with van der Waals surface area (Å²) in [4.78, 5) is 5.09. The Morgan fingerprint density at radius 3 is 0.892 bits per heavy atom. The molecular weight excluding hydrogens is 1120 g/mol. The molecule has 0 saturated heterocycles. The van der Waals surface area contributed by atoms with Gasteiger partial charge in [-0.05, 0) is 231 Å². The molecular formula is C91H76N2. The van der Waals surface area contributed by atoms with Crippen LogP contribution in [0.3, 0.4) is 0 Å². The molecule has 0 spiro atoms. The Bertz CT molecular complexity index is 5160. The molecule has 0 bridgehead atoms. The fourth-order valence-electron chi connectivity index (χ4n) is 14.5. The van der Waals surface area contributed by atoms with Gasteiger partial charge < -0.3 is 9.80 Å². The van der Waals surface area contributed by atoms with Crippen molar-refractivity contribution in [2.75, 3.05) is 9.80 Å². The first-order valence-electron chi connectivity index (χ1n) is 32.9. The summed E-state index contributed by atoms with van der Waals surface area (Å²) in [6.45, 7) is 20.6. The molecule has 2 nitrogen and oxygen atoms in total. The second-order valence-electron chi connectivity index (χ2n) is 26.8. The van der Waals surface area contributed by atoms with E-state index in [4.69, 9.17) is 0 Å². The minimum atomic E-state index is -0.0780. The Balaban J connectivity index is 1.07. The smallest absolute Gasteiger partial charge is 0.0497 e. The average molecular weight is 1200 g/mol. The number of benzene rings is 14. The Kier molecular flexibility index (Phi) is 15.0.